The number of nitrogens with two attached hydrogens (primary N) is 1. The van der Waals surface area contributed by atoms with E-state index in [-0.39, 0.29) is 71.6 Å². The molecule has 1 aliphatic heterocycles. The number of ether oxygens (including phenoxy) is 2. The molecule has 0 aliphatic carbocycles. The van der Waals surface area contributed by atoms with E-state index in [0.29, 0.717) is 16.9 Å². The molecular formula is C54H55F3N10O9S2. The Kier molecular flexibility index (Phi) is 16.8. The van der Waals surface area contributed by atoms with E-state index in [1.807, 2.05) is 35.9 Å². The van der Waals surface area contributed by atoms with Gasteiger partial charge in [-0.15, -0.1) is 11.3 Å². The van der Waals surface area contributed by atoms with Crippen molar-refractivity contribution < 1.29 is 55.3 Å². The Hall–Kier alpha value is -8.35. The van der Waals surface area contributed by atoms with Crippen LogP contribution in [0.25, 0.3) is 21.7 Å². The predicted molar refractivity (Wildman–Crippen MR) is 286 cm³/mol. The smallest absolute Gasteiger partial charge is 0.355 e. The van der Waals surface area contributed by atoms with E-state index in [2.05, 4.69) is 36.1 Å². The number of pyridine rings is 1. The first kappa shape index (κ1) is 55.9. The Morgan fingerprint density at radius 3 is 2.33 bits per heavy atom. The Labute approximate surface area is 450 Å². The maximum atomic E-state index is 14.3. The van der Waals surface area contributed by atoms with Gasteiger partial charge in [-0.25, -0.2) is 22.8 Å². The highest BCUT2D eigenvalue weighted by Crippen LogP contribution is 2.38. The number of sulfonamides is 1. The van der Waals surface area contributed by atoms with Crippen molar-refractivity contribution in [1.29, 1.82) is 0 Å². The standard InChI is InChI=1S/C54H55F3N10O9S2/c1-29-46(77-28-61-29)34-11-9-31(10-12-34)24-60-51(71)41-23-38(68)26-67(41)52(72)47(54(3,4)5)63-50(70)36-8-6-7-32(21-36)27-75-39-18-20-43(59-25-39)62-49-44(48(58)69)45(64-65-49)35-15-19-40(66-78(73,74)53(56)57)42(22-35)76-30(2)33-13-16-37(55)17-14-33/h6-22,25,28,30,38,41,47,53,66,68H,23-24,26-27H2,1-5H3,(H2,58,69)(H,60,71)(H,63,70)(H2,59,62,64,65)/t30?,38-,41+,47?/m1/s1. The SMILES string of the molecule is Cc1ncsc1-c1ccc(CNC(=O)[C@@H]2C[C@@H](O)CN2C(=O)C(NC(=O)c2cccc(COc3ccc(Nc4[nH]nc(-c5ccc(NS(=O)(=O)C(F)F)c(OC(C)c6ccc(F)cc6)c5)c4C(N)=O)nc3)c2)C(C)(C)C)cc1. The number of benzene rings is 4. The quantitative estimate of drug-likeness (QED) is 0.0382. The van der Waals surface area contributed by atoms with Crippen molar-refractivity contribution in [3.63, 3.8) is 0 Å². The van der Waals surface area contributed by atoms with Crippen LogP contribution in [0, 0.1) is 18.2 Å². The third kappa shape index (κ3) is 13.2. The molecule has 2 unspecified atom stereocenters. The second-order valence-electron chi connectivity index (χ2n) is 19.5. The van der Waals surface area contributed by atoms with E-state index in [0.717, 1.165) is 27.8 Å². The Morgan fingerprint density at radius 1 is 0.949 bits per heavy atom. The number of thiazole rings is 1. The van der Waals surface area contributed by atoms with E-state index in [4.69, 9.17) is 15.2 Å². The fourth-order valence-electron chi connectivity index (χ4n) is 8.55. The number of halogens is 3. The van der Waals surface area contributed by atoms with Crippen LogP contribution in [-0.2, 0) is 32.8 Å². The van der Waals surface area contributed by atoms with Gasteiger partial charge in [0.2, 0.25) is 11.8 Å². The number of anilines is 3. The van der Waals surface area contributed by atoms with Crippen molar-refractivity contribution in [2.45, 2.75) is 84.2 Å². The molecule has 1 aliphatic rings. The number of nitrogens with zero attached hydrogens (tertiary/aromatic N) is 4. The third-order valence-electron chi connectivity index (χ3n) is 12.7. The molecule has 7 aromatic rings. The highest BCUT2D eigenvalue weighted by molar-refractivity contribution is 7.93. The van der Waals surface area contributed by atoms with Gasteiger partial charge in [0.05, 0.1) is 34.1 Å². The monoisotopic (exact) mass is 1110 g/mol. The van der Waals surface area contributed by atoms with Crippen LogP contribution in [0.15, 0.2) is 115 Å². The number of β-amino-alcohol motifs (C(OH)–C–C–N with tert-alkyl or cyclic N) is 1. The molecule has 1 saturated heterocycles. The number of aromatic amines is 1. The topological polar surface area (TPSA) is 273 Å². The molecule has 0 saturated carbocycles. The third-order valence-corrected chi connectivity index (χ3v) is 14.6. The largest absolute Gasteiger partial charge is 0.487 e. The maximum absolute atomic E-state index is 14.3. The number of hydrogen-bond acceptors (Lipinski definition) is 14. The maximum Gasteiger partial charge on any atom is 0.355 e. The zero-order valence-corrected chi connectivity index (χ0v) is 44.3. The molecule has 3 aromatic heterocycles. The first-order chi connectivity index (χ1) is 37.0. The normalized spacial score (nSPS) is 15.3. The number of aliphatic hydroxyl groups is 1. The molecule has 0 spiro atoms. The first-order valence-corrected chi connectivity index (χ1v) is 26.7. The molecular weight excluding hydrogens is 1050 g/mol. The van der Waals surface area contributed by atoms with Gasteiger partial charge in [-0.2, -0.15) is 13.9 Å². The van der Waals surface area contributed by atoms with Crippen molar-refractivity contribution in [3.8, 4) is 33.2 Å². The highest BCUT2D eigenvalue weighted by atomic mass is 32.2. The zero-order chi connectivity index (χ0) is 56.1. The van der Waals surface area contributed by atoms with Crippen molar-refractivity contribution in [1.82, 2.24) is 35.7 Å². The van der Waals surface area contributed by atoms with Crippen molar-refractivity contribution in [2.24, 2.45) is 11.1 Å². The highest BCUT2D eigenvalue weighted by Gasteiger charge is 2.44. The minimum Gasteiger partial charge on any atom is -0.487 e. The number of alkyl halides is 2. The summed E-state index contributed by atoms with van der Waals surface area (Å²) in [5.41, 5.74) is 10.6. The molecule has 0 bridgehead atoms. The number of H-pyrrole nitrogens is 1. The van der Waals surface area contributed by atoms with E-state index in [9.17, 15) is 45.9 Å². The first-order valence-electron chi connectivity index (χ1n) is 24.3. The Morgan fingerprint density at radius 2 is 1.68 bits per heavy atom. The summed E-state index contributed by atoms with van der Waals surface area (Å²) in [5, 5.41) is 26.4. The molecule has 408 valence electrons. The van der Waals surface area contributed by atoms with Gasteiger partial charge in [0.25, 0.3) is 21.8 Å². The van der Waals surface area contributed by atoms with Crippen LogP contribution in [0.4, 0.5) is 30.5 Å². The zero-order valence-electron chi connectivity index (χ0n) is 42.7. The van der Waals surface area contributed by atoms with Crippen LogP contribution in [0.1, 0.15) is 83.3 Å². The predicted octanol–water partition coefficient (Wildman–Crippen LogP) is 7.99. The molecule has 1 fully saturated rings. The summed E-state index contributed by atoms with van der Waals surface area (Å²) in [6.07, 6.45) is -0.339. The number of rotatable bonds is 20. The number of aromatic nitrogens is 4. The van der Waals surface area contributed by atoms with Crippen LogP contribution < -0.4 is 35.9 Å². The van der Waals surface area contributed by atoms with Gasteiger partial charge in [0, 0.05) is 30.6 Å². The van der Waals surface area contributed by atoms with Gasteiger partial charge in [0.15, 0.2) is 0 Å². The van der Waals surface area contributed by atoms with Gasteiger partial charge >= 0.3 is 5.76 Å². The van der Waals surface area contributed by atoms with Gasteiger partial charge in [-0.3, -0.25) is 29.0 Å². The minimum absolute atomic E-state index is 0.00206. The minimum atomic E-state index is -5.14. The van der Waals surface area contributed by atoms with Gasteiger partial charge in [0.1, 0.15) is 65.0 Å². The van der Waals surface area contributed by atoms with Crippen LogP contribution >= 0.6 is 11.3 Å². The van der Waals surface area contributed by atoms with Crippen LogP contribution in [-0.4, -0.2) is 92.7 Å². The lowest BCUT2D eigenvalue weighted by Gasteiger charge is -2.35. The summed E-state index contributed by atoms with van der Waals surface area (Å²) in [5.74, 6) is -6.34. The molecule has 4 aromatic carbocycles. The van der Waals surface area contributed by atoms with Gasteiger partial charge in [-0.1, -0.05) is 75.4 Å². The number of amides is 4. The lowest BCUT2D eigenvalue weighted by atomic mass is 9.85. The molecule has 24 heteroatoms. The average molecular weight is 1110 g/mol. The average Bonchev–Trinajstić information content (AvgIpc) is 4.18. The van der Waals surface area contributed by atoms with E-state index in [1.54, 1.807) is 80.9 Å². The molecule has 4 amide bonds. The number of aliphatic hydroxyl groups excluding tert-OH is 1. The van der Waals surface area contributed by atoms with Gasteiger partial charge < -0.3 is 41.2 Å². The van der Waals surface area contributed by atoms with E-state index in [1.165, 1.54) is 47.5 Å². The summed E-state index contributed by atoms with van der Waals surface area (Å²) in [6.45, 7) is 9.03. The summed E-state index contributed by atoms with van der Waals surface area (Å²) < 4.78 is 78.6. The molecule has 8 N–H and O–H groups in total. The summed E-state index contributed by atoms with van der Waals surface area (Å²) in [4.78, 5) is 65.7. The summed E-state index contributed by atoms with van der Waals surface area (Å²) in [6, 6.07) is 24.5. The summed E-state index contributed by atoms with van der Waals surface area (Å²) in [7, 11) is -5.14. The lowest BCUT2D eigenvalue weighted by molar-refractivity contribution is -0.142. The second kappa shape index (κ2) is 23.5. The number of nitrogens with one attached hydrogen (secondary N) is 5. The molecule has 0 radical (unpaired) electrons. The second-order valence-corrected chi connectivity index (χ2v) is 22.0. The Balaban J connectivity index is 0.896. The van der Waals surface area contributed by atoms with Gasteiger partial charge in [-0.05, 0) is 90.0 Å². The fourth-order valence-corrected chi connectivity index (χ4v) is 9.93. The van der Waals surface area contributed by atoms with Crippen molar-refractivity contribution in [2.75, 3.05) is 16.6 Å². The number of aryl methyl sites for hydroxylation is 1. The fraction of sp³-hybridized carbons (Fsp3) is 0.278. The van der Waals surface area contributed by atoms with Crippen LogP contribution in [0.5, 0.6) is 11.5 Å². The molecule has 8 rings (SSSR count). The lowest BCUT2D eigenvalue weighted by Crippen LogP contribution is -2.57. The number of hydrogen-bond donors (Lipinski definition) is 7. The molecule has 78 heavy (non-hydrogen) atoms. The van der Waals surface area contributed by atoms with Crippen LogP contribution in [0.2, 0.25) is 0 Å². The van der Waals surface area contributed by atoms with E-state index < -0.39 is 74.9 Å². The van der Waals surface area contributed by atoms with Crippen LogP contribution in [0.3, 0.4) is 0 Å². The molecule has 19 nitrogen and oxygen atoms in total. The number of carbonyl (C=O) groups is 4. The molecule has 4 heterocycles. The van der Waals surface area contributed by atoms with Crippen molar-refractivity contribution in [3.05, 3.63) is 154 Å². The molecule has 4 atom stereocenters. The summed E-state index contributed by atoms with van der Waals surface area (Å²) >= 11 is 1.55. The van der Waals surface area contributed by atoms with Crippen molar-refractivity contribution >= 4 is 62.3 Å². The number of likely N-dealkylation sites (tertiary alicyclic amines) is 1. The number of carbonyl (C=O) groups excluding carboxylic acids is 4. The number of primary amides is 1. The Bertz CT molecular complexity index is 3430. The van der Waals surface area contributed by atoms with E-state index >= 15 is 0 Å².